The Morgan fingerprint density at radius 1 is 1.08 bits per heavy atom. The first-order chi connectivity index (χ1) is 12.2. The summed E-state index contributed by atoms with van der Waals surface area (Å²) in [5, 5.41) is 10.4. The van der Waals surface area contributed by atoms with Crippen LogP contribution in [0.3, 0.4) is 0 Å². The highest BCUT2D eigenvalue weighted by Gasteiger charge is 2.14. The van der Waals surface area contributed by atoms with Gasteiger partial charge in [0.1, 0.15) is 17.3 Å². The highest BCUT2D eigenvalue weighted by atomic mass is 16.5. The van der Waals surface area contributed by atoms with E-state index in [2.05, 4.69) is 20.5 Å². The minimum Gasteiger partial charge on any atom is -0.497 e. The van der Waals surface area contributed by atoms with E-state index in [0.717, 1.165) is 22.7 Å². The Morgan fingerprint density at radius 2 is 1.84 bits per heavy atom. The fourth-order valence-corrected chi connectivity index (χ4v) is 2.41. The summed E-state index contributed by atoms with van der Waals surface area (Å²) in [6.07, 6.45) is 0. The van der Waals surface area contributed by atoms with E-state index in [9.17, 15) is 0 Å². The number of nitrogens with one attached hydrogen (secondary N) is 2. The van der Waals surface area contributed by atoms with Crippen molar-refractivity contribution in [2.75, 3.05) is 19.5 Å². The number of ether oxygens (including phenoxy) is 2. The Kier molecular flexibility index (Phi) is 5.15. The maximum Gasteiger partial charge on any atom is 0.171 e. The number of hydrogen-bond acceptors (Lipinski definition) is 6. The Morgan fingerprint density at radius 3 is 2.56 bits per heavy atom. The van der Waals surface area contributed by atoms with E-state index in [1.807, 2.05) is 48.5 Å². The van der Waals surface area contributed by atoms with Gasteiger partial charge in [0.2, 0.25) is 0 Å². The Bertz CT molecular complexity index is 816. The number of H-pyrrole nitrogens is 1. The number of hydrogen-bond donors (Lipinski definition) is 3. The van der Waals surface area contributed by atoms with Crippen molar-refractivity contribution in [2.24, 2.45) is 5.73 Å². The van der Waals surface area contributed by atoms with Crippen LogP contribution in [-0.4, -0.2) is 29.4 Å². The van der Waals surface area contributed by atoms with Crippen molar-refractivity contribution in [3.05, 3.63) is 65.7 Å². The largest absolute Gasteiger partial charge is 0.497 e. The van der Waals surface area contributed by atoms with Crippen molar-refractivity contribution in [3.63, 3.8) is 0 Å². The topological polar surface area (TPSA) is 98.1 Å². The Balaban J connectivity index is 1.64. The van der Waals surface area contributed by atoms with Crippen molar-refractivity contribution < 1.29 is 9.47 Å². The number of benzene rings is 2. The first-order valence-electron chi connectivity index (χ1n) is 7.88. The molecule has 1 aromatic heterocycles. The molecule has 0 spiro atoms. The van der Waals surface area contributed by atoms with Gasteiger partial charge in [0.15, 0.2) is 5.82 Å². The molecule has 25 heavy (non-hydrogen) atoms. The molecule has 0 saturated carbocycles. The van der Waals surface area contributed by atoms with Crippen LogP contribution in [0.15, 0.2) is 48.5 Å². The van der Waals surface area contributed by atoms with Crippen molar-refractivity contribution in [2.45, 2.75) is 12.6 Å². The molecule has 0 aliphatic heterocycles. The lowest BCUT2D eigenvalue weighted by atomic mass is 10.1. The van der Waals surface area contributed by atoms with Gasteiger partial charge in [-0.1, -0.05) is 18.2 Å². The quantitative estimate of drug-likeness (QED) is 0.612. The minimum absolute atomic E-state index is 0.396. The van der Waals surface area contributed by atoms with Crippen LogP contribution in [0.25, 0.3) is 0 Å². The summed E-state index contributed by atoms with van der Waals surface area (Å²) in [5.41, 5.74) is 8.11. The van der Waals surface area contributed by atoms with Gasteiger partial charge in [0.25, 0.3) is 0 Å². The van der Waals surface area contributed by atoms with Crippen LogP contribution < -0.4 is 20.5 Å². The van der Waals surface area contributed by atoms with E-state index in [4.69, 9.17) is 15.2 Å². The monoisotopic (exact) mass is 339 g/mol. The lowest BCUT2D eigenvalue weighted by Gasteiger charge is -2.08. The molecular formula is C18H21N5O2. The molecule has 7 nitrogen and oxygen atoms in total. The second-order valence-corrected chi connectivity index (χ2v) is 5.48. The van der Waals surface area contributed by atoms with E-state index in [0.29, 0.717) is 18.2 Å². The van der Waals surface area contributed by atoms with Gasteiger partial charge in [0.05, 0.1) is 26.8 Å². The zero-order valence-electron chi connectivity index (χ0n) is 14.2. The molecule has 1 unspecified atom stereocenters. The van der Waals surface area contributed by atoms with Crippen LogP contribution >= 0.6 is 0 Å². The number of nitrogens with zero attached hydrogens (tertiary/aromatic N) is 2. The van der Waals surface area contributed by atoms with Gasteiger partial charge in [-0.3, -0.25) is 5.10 Å². The van der Waals surface area contributed by atoms with E-state index in [-0.39, 0.29) is 0 Å². The maximum absolute atomic E-state index is 6.24. The first kappa shape index (κ1) is 16.8. The highest BCUT2D eigenvalue weighted by molar-refractivity contribution is 5.48. The molecule has 4 N–H and O–H groups in total. The minimum atomic E-state index is -0.396. The van der Waals surface area contributed by atoms with Crippen molar-refractivity contribution >= 4 is 5.69 Å². The summed E-state index contributed by atoms with van der Waals surface area (Å²) < 4.78 is 10.4. The second kappa shape index (κ2) is 7.67. The molecule has 2 aromatic carbocycles. The smallest absolute Gasteiger partial charge is 0.171 e. The van der Waals surface area contributed by atoms with Gasteiger partial charge in [-0.25, -0.2) is 4.98 Å². The van der Waals surface area contributed by atoms with Crippen LogP contribution in [0.4, 0.5) is 5.69 Å². The summed E-state index contributed by atoms with van der Waals surface area (Å²) in [5.74, 6) is 2.84. The molecule has 7 heteroatoms. The Hall–Kier alpha value is -3.06. The number of aromatic amines is 1. The maximum atomic E-state index is 6.24. The SMILES string of the molecule is COc1ccc(C(N)c2n[nH]c(CNc3cccc(OC)c3)n2)cc1. The van der Waals surface area contributed by atoms with Gasteiger partial charge >= 0.3 is 0 Å². The zero-order chi connectivity index (χ0) is 17.6. The van der Waals surface area contributed by atoms with E-state index in [1.54, 1.807) is 14.2 Å². The third-order valence-corrected chi connectivity index (χ3v) is 3.83. The number of nitrogens with two attached hydrogens (primary N) is 1. The molecule has 0 amide bonds. The summed E-state index contributed by atoms with van der Waals surface area (Å²) in [4.78, 5) is 4.47. The van der Waals surface area contributed by atoms with Gasteiger partial charge in [-0.2, -0.15) is 5.10 Å². The molecule has 0 bridgehead atoms. The average molecular weight is 339 g/mol. The lowest BCUT2D eigenvalue weighted by Crippen LogP contribution is -2.13. The van der Waals surface area contributed by atoms with Gasteiger partial charge in [0, 0.05) is 11.8 Å². The fraction of sp³-hybridized carbons (Fsp3) is 0.222. The molecule has 0 aliphatic carbocycles. The molecule has 0 saturated heterocycles. The standard InChI is InChI=1S/C18H21N5O2/c1-24-14-8-6-12(7-9-14)17(19)18-21-16(22-23-18)11-20-13-4-3-5-15(10-13)25-2/h3-10,17,20H,11,19H2,1-2H3,(H,21,22,23). The number of anilines is 1. The molecule has 130 valence electrons. The zero-order valence-corrected chi connectivity index (χ0v) is 14.2. The molecule has 0 radical (unpaired) electrons. The van der Waals surface area contributed by atoms with Crippen LogP contribution in [0.2, 0.25) is 0 Å². The predicted molar refractivity (Wildman–Crippen MR) is 95.7 cm³/mol. The molecule has 1 heterocycles. The number of rotatable bonds is 7. The molecule has 3 rings (SSSR count). The van der Waals surface area contributed by atoms with Crippen LogP contribution in [-0.2, 0) is 6.54 Å². The van der Waals surface area contributed by atoms with Crippen LogP contribution in [0, 0.1) is 0 Å². The molecular weight excluding hydrogens is 318 g/mol. The van der Waals surface area contributed by atoms with Crippen molar-refractivity contribution in [1.29, 1.82) is 0 Å². The number of aromatic nitrogens is 3. The Labute approximate surface area is 146 Å². The molecule has 1 atom stereocenters. The van der Waals surface area contributed by atoms with E-state index in [1.165, 1.54) is 0 Å². The third-order valence-electron chi connectivity index (χ3n) is 3.83. The second-order valence-electron chi connectivity index (χ2n) is 5.48. The number of methoxy groups -OCH3 is 2. The van der Waals surface area contributed by atoms with Crippen LogP contribution in [0.1, 0.15) is 23.3 Å². The normalized spacial score (nSPS) is 11.8. The molecule has 0 fully saturated rings. The van der Waals surface area contributed by atoms with Crippen molar-refractivity contribution in [3.8, 4) is 11.5 Å². The third kappa shape index (κ3) is 4.07. The van der Waals surface area contributed by atoms with Gasteiger partial charge in [-0.15, -0.1) is 0 Å². The van der Waals surface area contributed by atoms with Gasteiger partial charge < -0.3 is 20.5 Å². The van der Waals surface area contributed by atoms with E-state index < -0.39 is 6.04 Å². The fourth-order valence-electron chi connectivity index (χ4n) is 2.41. The van der Waals surface area contributed by atoms with Gasteiger partial charge in [-0.05, 0) is 29.8 Å². The molecule has 3 aromatic rings. The summed E-state index contributed by atoms with van der Waals surface area (Å²) in [6, 6.07) is 14.9. The lowest BCUT2D eigenvalue weighted by molar-refractivity contribution is 0.414. The van der Waals surface area contributed by atoms with E-state index >= 15 is 0 Å². The predicted octanol–water partition coefficient (Wildman–Crippen LogP) is 2.48. The summed E-state index contributed by atoms with van der Waals surface area (Å²) in [6.45, 7) is 0.509. The first-order valence-corrected chi connectivity index (χ1v) is 7.88. The highest BCUT2D eigenvalue weighted by Crippen LogP contribution is 2.20. The van der Waals surface area contributed by atoms with Crippen molar-refractivity contribution in [1.82, 2.24) is 15.2 Å². The summed E-state index contributed by atoms with van der Waals surface area (Å²) in [7, 11) is 3.27. The van der Waals surface area contributed by atoms with Crippen LogP contribution in [0.5, 0.6) is 11.5 Å². The summed E-state index contributed by atoms with van der Waals surface area (Å²) >= 11 is 0. The molecule has 0 aliphatic rings. The average Bonchev–Trinajstić information content (AvgIpc) is 3.15.